The first kappa shape index (κ1) is 26.7. The number of thiazole rings is 1. The first-order chi connectivity index (χ1) is 20.2. The Hall–Kier alpha value is -2.93. The fourth-order valence-electron chi connectivity index (χ4n) is 7.44. The van der Waals surface area contributed by atoms with Crippen LogP contribution < -0.4 is 21.1 Å². The lowest BCUT2D eigenvalue weighted by Crippen LogP contribution is -2.67. The van der Waals surface area contributed by atoms with Crippen LogP contribution in [0.4, 0.5) is 24.1 Å². The van der Waals surface area contributed by atoms with Gasteiger partial charge in [0.15, 0.2) is 10.9 Å². The number of halogens is 4. The van der Waals surface area contributed by atoms with Crippen LogP contribution in [0.2, 0.25) is 5.02 Å². The highest BCUT2D eigenvalue weighted by Gasteiger charge is 2.50. The summed E-state index contributed by atoms with van der Waals surface area (Å²) in [4.78, 5) is 15.6. The molecule has 2 atom stereocenters. The zero-order valence-corrected chi connectivity index (χ0v) is 24.2. The SMILES string of the molecule is Nc1nc2c(-c3c(Cl)cc4c(NC5CC6(CCN6)C5)nc(OC[C@@]56CCCN5C[C@H](F)C6)nc4c3F)ccc(F)c2s1. The predicted molar refractivity (Wildman–Crippen MR) is 158 cm³/mol. The van der Waals surface area contributed by atoms with Crippen LogP contribution in [0.15, 0.2) is 18.2 Å². The van der Waals surface area contributed by atoms with Crippen molar-refractivity contribution in [1.29, 1.82) is 0 Å². The van der Waals surface area contributed by atoms with E-state index in [-0.39, 0.29) is 55.6 Å². The summed E-state index contributed by atoms with van der Waals surface area (Å²) in [5.74, 6) is -0.755. The Morgan fingerprint density at radius 1 is 1.17 bits per heavy atom. The van der Waals surface area contributed by atoms with Crippen LogP contribution in [-0.2, 0) is 0 Å². The number of alkyl halides is 1. The zero-order chi connectivity index (χ0) is 28.8. The molecule has 4 fully saturated rings. The number of nitrogens with one attached hydrogen (secondary N) is 2. The van der Waals surface area contributed by atoms with Gasteiger partial charge in [-0.25, -0.2) is 18.2 Å². The maximum absolute atomic E-state index is 16.6. The maximum Gasteiger partial charge on any atom is 0.319 e. The molecule has 2 aromatic heterocycles. The molecule has 1 spiro atoms. The average Bonchev–Trinajstić information content (AvgIpc) is 3.57. The number of hydrogen-bond donors (Lipinski definition) is 3. The van der Waals surface area contributed by atoms with E-state index in [2.05, 4.69) is 30.5 Å². The number of aromatic nitrogens is 3. The van der Waals surface area contributed by atoms with Crippen molar-refractivity contribution < 1.29 is 17.9 Å². The van der Waals surface area contributed by atoms with Crippen molar-refractivity contribution in [2.45, 2.75) is 61.8 Å². The predicted octanol–water partition coefficient (Wildman–Crippen LogP) is 5.68. The van der Waals surface area contributed by atoms with Gasteiger partial charge in [0.25, 0.3) is 0 Å². The molecule has 0 radical (unpaired) electrons. The highest BCUT2D eigenvalue weighted by atomic mass is 35.5. The first-order valence-electron chi connectivity index (χ1n) is 14.3. The summed E-state index contributed by atoms with van der Waals surface area (Å²) in [5.41, 5.74) is 6.27. The number of benzene rings is 2. The number of nitrogens with zero attached hydrogens (tertiary/aromatic N) is 4. The molecule has 3 aliphatic heterocycles. The highest BCUT2D eigenvalue weighted by molar-refractivity contribution is 7.22. The molecule has 8 rings (SSSR count). The van der Waals surface area contributed by atoms with Gasteiger partial charge < -0.3 is 21.1 Å². The van der Waals surface area contributed by atoms with E-state index in [1.54, 1.807) is 6.07 Å². The first-order valence-corrected chi connectivity index (χ1v) is 15.5. The summed E-state index contributed by atoms with van der Waals surface area (Å²) >= 11 is 7.72. The lowest BCUT2D eigenvalue weighted by atomic mass is 9.66. The number of rotatable bonds is 6. The largest absolute Gasteiger partial charge is 0.461 e. The van der Waals surface area contributed by atoms with Gasteiger partial charge in [0, 0.05) is 41.1 Å². The van der Waals surface area contributed by atoms with Gasteiger partial charge in [-0.3, -0.25) is 4.90 Å². The van der Waals surface area contributed by atoms with E-state index in [9.17, 15) is 8.78 Å². The average molecular weight is 616 g/mol. The third-order valence-corrected chi connectivity index (χ3v) is 10.8. The third kappa shape index (κ3) is 4.13. The minimum Gasteiger partial charge on any atom is -0.461 e. The molecule has 0 bridgehead atoms. The number of hydrogen-bond acceptors (Lipinski definition) is 9. The molecular weight excluding hydrogens is 587 g/mol. The number of nitrogen functional groups attached to an aromatic ring is 1. The number of fused-ring (bicyclic) bond motifs is 3. The van der Waals surface area contributed by atoms with Crippen molar-refractivity contribution in [2.24, 2.45) is 0 Å². The van der Waals surface area contributed by atoms with E-state index < -0.39 is 23.3 Å². The van der Waals surface area contributed by atoms with Gasteiger partial charge in [-0.1, -0.05) is 22.9 Å². The number of ether oxygens (including phenoxy) is 1. The molecule has 220 valence electrons. The van der Waals surface area contributed by atoms with E-state index >= 15 is 4.39 Å². The van der Waals surface area contributed by atoms with Gasteiger partial charge in [0.2, 0.25) is 0 Å². The second-order valence-corrected chi connectivity index (χ2v) is 13.6. The Morgan fingerprint density at radius 2 is 2.00 bits per heavy atom. The summed E-state index contributed by atoms with van der Waals surface area (Å²) in [5, 5.41) is 7.68. The fraction of sp³-hybridized carbons (Fsp3) is 0.483. The van der Waals surface area contributed by atoms with Gasteiger partial charge in [-0.15, -0.1) is 0 Å². The normalized spacial score (nSPS) is 28.8. The minimum atomic E-state index is -0.899. The number of anilines is 2. The summed E-state index contributed by atoms with van der Waals surface area (Å²) < 4.78 is 51.9. The monoisotopic (exact) mass is 615 g/mol. The van der Waals surface area contributed by atoms with Gasteiger partial charge in [0.1, 0.15) is 29.9 Å². The molecule has 42 heavy (non-hydrogen) atoms. The number of nitrogens with two attached hydrogens (primary N) is 1. The summed E-state index contributed by atoms with van der Waals surface area (Å²) in [6.45, 7) is 2.46. The molecule has 5 heterocycles. The molecule has 4 N–H and O–H groups in total. The topological polar surface area (TPSA) is 101 Å². The highest BCUT2D eigenvalue weighted by Crippen LogP contribution is 2.45. The Bertz CT molecular complexity index is 1740. The van der Waals surface area contributed by atoms with Crippen molar-refractivity contribution >= 4 is 55.0 Å². The zero-order valence-electron chi connectivity index (χ0n) is 22.7. The molecule has 4 aliphatic rings. The molecule has 3 saturated heterocycles. The van der Waals surface area contributed by atoms with Crippen molar-refractivity contribution in [3.63, 3.8) is 0 Å². The Kier molecular flexibility index (Phi) is 6.06. The Labute approximate surface area is 248 Å². The van der Waals surface area contributed by atoms with Gasteiger partial charge in [-0.05, 0) is 63.4 Å². The summed E-state index contributed by atoms with van der Waals surface area (Å²) in [7, 11) is 0. The lowest BCUT2D eigenvalue weighted by molar-refractivity contribution is 0.0871. The molecule has 1 aliphatic carbocycles. The quantitative estimate of drug-likeness (QED) is 0.255. The molecular formula is C29H29ClF3N7OS. The van der Waals surface area contributed by atoms with Crippen molar-refractivity contribution in [3.8, 4) is 17.1 Å². The lowest BCUT2D eigenvalue weighted by Gasteiger charge is -2.55. The van der Waals surface area contributed by atoms with Gasteiger partial charge in [-0.2, -0.15) is 9.97 Å². The van der Waals surface area contributed by atoms with Crippen LogP contribution in [0.1, 0.15) is 38.5 Å². The molecule has 8 nitrogen and oxygen atoms in total. The molecule has 0 amide bonds. The molecule has 1 saturated carbocycles. The van der Waals surface area contributed by atoms with E-state index in [1.807, 2.05) is 0 Å². The smallest absolute Gasteiger partial charge is 0.319 e. The standard InChI is InChI=1S/C29H29ClF3N7OS/c30-18-8-17-22(21(33)20(18)16-2-3-19(32)24-23(16)37-26(34)42-24)38-27(39-25(17)36-15-10-28(11-15)5-6-35-28)41-13-29-4-1-7-40(29)12-14(31)9-29/h2-3,8,14-15,35H,1,4-7,9-13H2,(H2,34,37)(H,36,38,39)/t14-,15?,28?,29+/m1/s1. The van der Waals surface area contributed by atoms with E-state index in [1.165, 1.54) is 12.1 Å². The van der Waals surface area contributed by atoms with Crippen molar-refractivity contribution in [3.05, 3.63) is 34.9 Å². The molecule has 2 aromatic carbocycles. The summed E-state index contributed by atoms with van der Waals surface area (Å²) in [6.07, 6.45) is 4.29. The van der Waals surface area contributed by atoms with Gasteiger partial charge >= 0.3 is 6.01 Å². The van der Waals surface area contributed by atoms with E-state index in [0.29, 0.717) is 29.7 Å². The third-order valence-electron chi connectivity index (χ3n) is 9.59. The van der Waals surface area contributed by atoms with Crippen LogP contribution in [0.5, 0.6) is 6.01 Å². The second-order valence-electron chi connectivity index (χ2n) is 12.2. The van der Waals surface area contributed by atoms with Crippen LogP contribution in [0, 0.1) is 11.6 Å². The molecule has 0 unspecified atom stereocenters. The van der Waals surface area contributed by atoms with Crippen LogP contribution in [0.3, 0.4) is 0 Å². The summed E-state index contributed by atoms with van der Waals surface area (Å²) in [6, 6.07) is 4.49. The van der Waals surface area contributed by atoms with Gasteiger partial charge in [0.05, 0.1) is 20.8 Å². The van der Waals surface area contributed by atoms with Crippen molar-refractivity contribution in [1.82, 2.24) is 25.2 Å². The van der Waals surface area contributed by atoms with Crippen LogP contribution >= 0.6 is 22.9 Å². The molecule has 13 heteroatoms. The van der Waals surface area contributed by atoms with Crippen molar-refractivity contribution in [2.75, 3.05) is 37.3 Å². The maximum atomic E-state index is 16.6. The van der Waals surface area contributed by atoms with E-state index in [0.717, 1.165) is 56.5 Å². The van der Waals surface area contributed by atoms with Crippen LogP contribution in [0.25, 0.3) is 32.2 Å². The Balaban J connectivity index is 1.21. The fourth-order valence-corrected chi connectivity index (χ4v) is 8.50. The minimum absolute atomic E-state index is 0.0127. The van der Waals surface area contributed by atoms with E-state index in [4.69, 9.17) is 22.1 Å². The second kappa shape index (κ2) is 9.54. The Morgan fingerprint density at radius 3 is 2.79 bits per heavy atom. The molecule has 4 aromatic rings. The van der Waals surface area contributed by atoms with Crippen LogP contribution in [-0.4, -0.2) is 69.4 Å².